The van der Waals surface area contributed by atoms with E-state index < -0.39 is 0 Å². The van der Waals surface area contributed by atoms with Gasteiger partial charge in [-0.25, -0.2) is 4.98 Å². The molecule has 26 heavy (non-hydrogen) atoms. The first-order valence-corrected chi connectivity index (χ1v) is 9.01. The molecule has 3 heterocycles. The zero-order valence-electron chi connectivity index (χ0n) is 14.7. The van der Waals surface area contributed by atoms with E-state index in [9.17, 15) is 9.59 Å². The molecule has 134 valence electrons. The van der Waals surface area contributed by atoms with Gasteiger partial charge in [0.05, 0.1) is 11.9 Å². The molecule has 2 aromatic rings. The fraction of sp³-hybridized carbons (Fsp3) is 0.350. The molecule has 1 aromatic carbocycles. The van der Waals surface area contributed by atoms with Crippen molar-refractivity contribution in [1.82, 2.24) is 14.8 Å². The summed E-state index contributed by atoms with van der Waals surface area (Å²) in [6, 6.07) is 12.0. The van der Waals surface area contributed by atoms with Crippen molar-refractivity contribution in [3.8, 4) is 0 Å². The number of hydrogen-bond acceptors (Lipinski definition) is 4. The van der Waals surface area contributed by atoms with Crippen LogP contribution in [0.2, 0.25) is 0 Å². The molecule has 0 unspecified atom stereocenters. The maximum Gasteiger partial charge on any atom is 0.272 e. The minimum atomic E-state index is -0.0168. The Morgan fingerprint density at radius 2 is 1.73 bits per heavy atom. The quantitative estimate of drug-likeness (QED) is 0.789. The van der Waals surface area contributed by atoms with Gasteiger partial charge in [0, 0.05) is 39.3 Å². The summed E-state index contributed by atoms with van der Waals surface area (Å²) >= 11 is 0. The number of piperazine rings is 1. The molecule has 0 N–H and O–H groups in total. The highest BCUT2D eigenvalue weighted by Crippen LogP contribution is 2.21. The number of aromatic nitrogens is 1. The number of amides is 2. The van der Waals surface area contributed by atoms with E-state index in [1.807, 2.05) is 29.2 Å². The Kier molecular flexibility index (Phi) is 4.56. The Morgan fingerprint density at radius 3 is 2.42 bits per heavy atom. The van der Waals surface area contributed by atoms with Gasteiger partial charge in [-0.15, -0.1) is 0 Å². The standard InChI is InChI=1S/C20H22N4O2/c25-15-22-9-11-23(12-10-22)18-5-6-19(21-13-18)20(26)24-8-7-16-3-1-2-4-17(16)14-24/h1-6,13,15H,7-12,14H2. The second kappa shape index (κ2) is 7.15. The van der Waals surface area contributed by atoms with Gasteiger partial charge < -0.3 is 14.7 Å². The first-order chi connectivity index (χ1) is 12.7. The van der Waals surface area contributed by atoms with E-state index in [2.05, 4.69) is 22.0 Å². The Labute approximate surface area is 153 Å². The van der Waals surface area contributed by atoms with E-state index in [0.717, 1.165) is 51.2 Å². The number of nitrogens with zero attached hydrogens (tertiary/aromatic N) is 4. The number of benzene rings is 1. The predicted molar refractivity (Wildman–Crippen MR) is 99.0 cm³/mol. The van der Waals surface area contributed by atoms with Crippen molar-refractivity contribution in [2.24, 2.45) is 0 Å². The first kappa shape index (κ1) is 16.6. The van der Waals surface area contributed by atoms with Crippen LogP contribution in [-0.4, -0.2) is 59.8 Å². The largest absolute Gasteiger partial charge is 0.367 e. The SMILES string of the molecule is O=CN1CCN(c2ccc(C(=O)N3CCc4ccccc4C3)nc2)CC1. The summed E-state index contributed by atoms with van der Waals surface area (Å²) in [4.78, 5) is 33.8. The van der Waals surface area contributed by atoms with Crippen molar-refractivity contribution in [3.05, 3.63) is 59.4 Å². The third kappa shape index (κ3) is 3.27. The van der Waals surface area contributed by atoms with Crippen LogP contribution in [0.5, 0.6) is 0 Å². The smallest absolute Gasteiger partial charge is 0.272 e. The van der Waals surface area contributed by atoms with E-state index in [-0.39, 0.29) is 5.91 Å². The zero-order chi connectivity index (χ0) is 17.9. The van der Waals surface area contributed by atoms with Crippen molar-refractivity contribution in [2.45, 2.75) is 13.0 Å². The molecule has 1 fully saturated rings. The molecule has 1 saturated heterocycles. The highest BCUT2D eigenvalue weighted by molar-refractivity contribution is 5.92. The summed E-state index contributed by atoms with van der Waals surface area (Å²) in [5.41, 5.74) is 4.03. The van der Waals surface area contributed by atoms with Crippen molar-refractivity contribution in [3.63, 3.8) is 0 Å². The summed E-state index contributed by atoms with van der Waals surface area (Å²) in [6.07, 6.45) is 3.55. The molecule has 0 aliphatic carbocycles. The van der Waals surface area contributed by atoms with Crippen LogP contribution in [0.3, 0.4) is 0 Å². The molecule has 2 amide bonds. The summed E-state index contributed by atoms with van der Waals surface area (Å²) in [5, 5.41) is 0. The summed E-state index contributed by atoms with van der Waals surface area (Å²) < 4.78 is 0. The van der Waals surface area contributed by atoms with Gasteiger partial charge in [-0.3, -0.25) is 9.59 Å². The van der Waals surface area contributed by atoms with Crippen LogP contribution in [0.1, 0.15) is 21.6 Å². The maximum atomic E-state index is 12.8. The lowest BCUT2D eigenvalue weighted by Gasteiger charge is -2.34. The lowest BCUT2D eigenvalue weighted by Crippen LogP contribution is -2.45. The number of pyridine rings is 1. The number of hydrogen-bond donors (Lipinski definition) is 0. The van der Waals surface area contributed by atoms with E-state index in [4.69, 9.17) is 0 Å². The molecule has 0 bridgehead atoms. The lowest BCUT2D eigenvalue weighted by atomic mass is 10.00. The summed E-state index contributed by atoms with van der Waals surface area (Å²) in [6.45, 7) is 4.39. The maximum absolute atomic E-state index is 12.8. The van der Waals surface area contributed by atoms with Crippen LogP contribution in [0.4, 0.5) is 5.69 Å². The van der Waals surface area contributed by atoms with Crippen LogP contribution >= 0.6 is 0 Å². The molecule has 0 atom stereocenters. The molecular formula is C20H22N4O2. The molecule has 4 rings (SSSR count). The number of fused-ring (bicyclic) bond motifs is 1. The highest BCUT2D eigenvalue weighted by Gasteiger charge is 2.23. The van der Waals surface area contributed by atoms with Crippen LogP contribution in [0, 0.1) is 0 Å². The van der Waals surface area contributed by atoms with Gasteiger partial charge in [0.25, 0.3) is 5.91 Å². The van der Waals surface area contributed by atoms with E-state index in [1.54, 1.807) is 11.1 Å². The normalized spacial score (nSPS) is 17.0. The van der Waals surface area contributed by atoms with Crippen LogP contribution in [0.15, 0.2) is 42.6 Å². The Bertz CT molecular complexity index is 798. The second-order valence-electron chi connectivity index (χ2n) is 6.78. The highest BCUT2D eigenvalue weighted by atomic mass is 16.2. The number of rotatable bonds is 3. The van der Waals surface area contributed by atoms with Gasteiger partial charge in [0.2, 0.25) is 6.41 Å². The van der Waals surface area contributed by atoms with Crippen molar-refractivity contribution in [1.29, 1.82) is 0 Å². The van der Waals surface area contributed by atoms with E-state index in [1.165, 1.54) is 11.1 Å². The van der Waals surface area contributed by atoms with Gasteiger partial charge in [0.15, 0.2) is 0 Å². The van der Waals surface area contributed by atoms with E-state index in [0.29, 0.717) is 12.2 Å². The monoisotopic (exact) mass is 350 g/mol. The molecule has 0 saturated carbocycles. The molecule has 0 spiro atoms. The molecular weight excluding hydrogens is 328 g/mol. The van der Waals surface area contributed by atoms with Gasteiger partial charge in [0.1, 0.15) is 5.69 Å². The second-order valence-corrected chi connectivity index (χ2v) is 6.78. The average Bonchev–Trinajstić information content (AvgIpc) is 2.73. The number of carbonyl (C=O) groups is 2. The molecule has 2 aliphatic rings. The fourth-order valence-electron chi connectivity index (χ4n) is 3.62. The Balaban J connectivity index is 1.42. The molecule has 0 radical (unpaired) electrons. The molecule has 1 aromatic heterocycles. The Morgan fingerprint density at radius 1 is 0.962 bits per heavy atom. The first-order valence-electron chi connectivity index (χ1n) is 9.01. The van der Waals surface area contributed by atoms with Gasteiger partial charge >= 0.3 is 0 Å². The van der Waals surface area contributed by atoms with Crippen LogP contribution in [0.25, 0.3) is 0 Å². The Hall–Kier alpha value is -2.89. The van der Waals surface area contributed by atoms with E-state index >= 15 is 0 Å². The fourth-order valence-corrected chi connectivity index (χ4v) is 3.62. The number of carbonyl (C=O) groups excluding carboxylic acids is 2. The average molecular weight is 350 g/mol. The van der Waals surface area contributed by atoms with Gasteiger partial charge in [-0.1, -0.05) is 24.3 Å². The van der Waals surface area contributed by atoms with Crippen molar-refractivity contribution >= 4 is 18.0 Å². The molecule has 6 nitrogen and oxygen atoms in total. The van der Waals surface area contributed by atoms with Gasteiger partial charge in [-0.2, -0.15) is 0 Å². The minimum absolute atomic E-state index is 0.0168. The third-order valence-corrected chi connectivity index (χ3v) is 5.21. The van der Waals surface area contributed by atoms with Crippen LogP contribution < -0.4 is 4.90 Å². The lowest BCUT2D eigenvalue weighted by molar-refractivity contribution is -0.118. The molecule has 6 heteroatoms. The van der Waals surface area contributed by atoms with Crippen LogP contribution in [-0.2, 0) is 17.8 Å². The predicted octanol–water partition coefficient (Wildman–Crippen LogP) is 1.56. The zero-order valence-corrected chi connectivity index (χ0v) is 14.7. The van der Waals surface area contributed by atoms with Crippen molar-refractivity contribution < 1.29 is 9.59 Å². The third-order valence-electron chi connectivity index (χ3n) is 5.21. The molecule has 2 aliphatic heterocycles. The topological polar surface area (TPSA) is 56.8 Å². The van der Waals surface area contributed by atoms with Gasteiger partial charge in [-0.05, 0) is 29.7 Å². The summed E-state index contributed by atoms with van der Waals surface area (Å²) in [7, 11) is 0. The number of anilines is 1. The van der Waals surface area contributed by atoms with Crippen molar-refractivity contribution in [2.75, 3.05) is 37.6 Å². The summed E-state index contributed by atoms with van der Waals surface area (Å²) in [5.74, 6) is -0.0168. The minimum Gasteiger partial charge on any atom is -0.367 e.